The fourth-order valence-electron chi connectivity index (χ4n) is 3.40. The minimum absolute atomic E-state index is 0.0614. The second-order valence-electron chi connectivity index (χ2n) is 7.42. The molecule has 1 amide bonds. The number of hydrogen-bond acceptors (Lipinski definition) is 5. The minimum Gasteiger partial charge on any atom is -0.351 e. The van der Waals surface area contributed by atoms with E-state index in [1.165, 1.54) is 40.7 Å². The maximum absolute atomic E-state index is 12.8. The van der Waals surface area contributed by atoms with Crippen LogP contribution in [0.3, 0.4) is 0 Å². The Kier molecular flexibility index (Phi) is 7.94. The van der Waals surface area contributed by atoms with Gasteiger partial charge in [-0.25, -0.2) is 16.8 Å². The predicted octanol–water partition coefficient (Wildman–Crippen LogP) is 2.45. The molecule has 0 aromatic heterocycles. The number of carbonyl (C=O) groups is 1. The number of nitrogens with zero attached hydrogens (tertiary/aromatic N) is 2. The summed E-state index contributed by atoms with van der Waals surface area (Å²) in [6.45, 7) is 2.67. The van der Waals surface area contributed by atoms with Gasteiger partial charge in [-0.3, -0.25) is 4.79 Å². The van der Waals surface area contributed by atoms with Gasteiger partial charge in [0.15, 0.2) is 0 Å². The molecule has 0 unspecified atom stereocenters. The monoisotopic (exact) mass is 499 g/mol. The van der Waals surface area contributed by atoms with Crippen molar-refractivity contribution in [3.8, 4) is 0 Å². The van der Waals surface area contributed by atoms with Gasteiger partial charge in [-0.2, -0.15) is 8.61 Å². The first-order valence-corrected chi connectivity index (χ1v) is 13.5. The number of hydrogen-bond donors (Lipinski definition) is 1. The Labute approximate surface area is 194 Å². The summed E-state index contributed by atoms with van der Waals surface area (Å²) in [6.07, 6.45) is 1.73. The molecule has 3 rings (SSSR count). The lowest BCUT2D eigenvalue weighted by atomic mass is 10.2. The lowest BCUT2D eigenvalue weighted by Crippen LogP contribution is -2.40. The summed E-state index contributed by atoms with van der Waals surface area (Å²) >= 11 is 5.82. The molecule has 8 nitrogen and oxygen atoms in total. The molecule has 2 aromatic rings. The Morgan fingerprint density at radius 3 is 2.09 bits per heavy atom. The van der Waals surface area contributed by atoms with Crippen molar-refractivity contribution in [3.63, 3.8) is 0 Å². The highest BCUT2D eigenvalue weighted by Gasteiger charge is 2.27. The molecule has 0 atom stereocenters. The normalized spacial score (nSPS) is 15.2. The lowest BCUT2D eigenvalue weighted by molar-refractivity contribution is -0.121. The van der Waals surface area contributed by atoms with Crippen molar-refractivity contribution < 1.29 is 21.6 Å². The van der Waals surface area contributed by atoms with Crippen LogP contribution in [0.25, 0.3) is 0 Å². The van der Waals surface area contributed by atoms with Gasteiger partial charge in [-0.1, -0.05) is 30.7 Å². The molecule has 1 fully saturated rings. The van der Waals surface area contributed by atoms with Crippen LogP contribution in [0, 0.1) is 0 Å². The van der Waals surface area contributed by atoms with Crippen molar-refractivity contribution in [2.24, 2.45) is 0 Å². The Morgan fingerprint density at radius 1 is 0.969 bits per heavy atom. The smallest absolute Gasteiger partial charge is 0.243 e. The molecule has 1 aliphatic rings. The van der Waals surface area contributed by atoms with Gasteiger partial charge < -0.3 is 5.32 Å². The number of sulfonamides is 2. The summed E-state index contributed by atoms with van der Waals surface area (Å²) in [6, 6.07) is 12.1. The zero-order chi connectivity index (χ0) is 23.4. The van der Waals surface area contributed by atoms with Gasteiger partial charge >= 0.3 is 0 Å². The van der Waals surface area contributed by atoms with E-state index in [0.717, 1.165) is 17.1 Å². The maximum Gasteiger partial charge on any atom is 0.243 e. The van der Waals surface area contributed by atoms with Gasteiger partial charge in [0.1, 0.15) is 0 Å². The number of likely N-dealkylation sites (N-methyl/N-ethyl adjacent to an activating group) is 1. The van der Waals surface area contributed by atoms with E-state index in [0.29, 0.717) is 23.7 Å². The average molecular weight is 500 g/mol. The van der Waals surface area contributed by atoms with E-state index >= 15 is 0 Å². The van der Waals surface area contributed by atoms with Gasteiger partial charge in [0.25, 0.3) is 0 Å². The minimum atomic E-state index is -3.83. The summed E-state index contributed by atoms with van der Waals surface area (Å²) in [7, 11) is -7.32. The van der Waals surface area contributed by atoms with Gasteiger partial charge in [0, 0.05) is 31.2 Å². The standard InChI is InChI=1S/C21H26ClN3O5S2/c1-2-24(31(27,28)20-11-7-18(22)8-12-20)16-21(26)23-15-17-5-9-19(10-6-17)32(29,30)25-13-3-4-14-25/h5-12H,2-4,13-16H2,1H3,(H,23,26). The van der Waals surface area contributed by atoms with Crippen LogP contribution < -0.4 is 5.32 Å². The van der Waals surface area contributed by atoms with Crippen molar-refractivity contribution in [3.05, 3.63) is 59.1 Å². The van der Waals surface area contributed by atoms with Crippen molar-refractivity contribution in [2.75, 3.05) is 26.2 Å². The predicted molar refractivity (Wildman–Crippen MR) is 122 cm³/mol. The molecule has 0 saturated carbocycles. The van der Waals surface area contributed by atoms with Crippen LogP contribution in [-0.2, 0) is 31.4 Å². The molecule has 11 heteroatoms. The van der Waals surface area contributed by atoms with E-state index in [1.807, 2.05) is 0 Å². The number of amides is 1. The van der Waals surface area contributed by atoms with E-state index in [9.17, 15) is 21.6 Å². The molecule has 32 heavy (non-hydrogen) atoms. The number of halogens is 1. The highest BCUT2D eigenvalue weighted by molar-refractivity contribution is 7.89. The summed E-state index contributed by atoms with van der Waals surface area (Å²) in [4.78, 5) is 12.7. The molecule has 0 aliphatic carbocycles. The molecule has 1 aliphatic heterocycles. The number of rotatable bonds is 9. The second-order valence-corrected chi connectivity index (χ2v) is 11.7. The summed E-state index contributed by atoms with van der Waals surface area (Å²) in [5.41, 5.74) is 0.710. The molecular weight excluding hydrogens is 474 g/mol. The van der Waals surface area contributed by atoms with Crippen molar-refractivity contribution in [1.82, 2.24) is 13.9 Å². The Morgan fingerprint density at radius 2 is 1.53 bits per heavy atom. The highest BCUT2D eigenvalue weighted by Crippen LogP contribution is 2.21. The fraction of sp³-hybridized carbons (Fsp3) is 0.381. The van der Waals surface area contributed by atoms with Crippen LogP contribution in [0.2, 0.25) is 5.02 Å². The Hall–Kier alpha value is -1.98. The van der Waals surface area contributed by atoms with Crippen LogP contribution in [0.4, 0.5) is 0 Å². The Bertz CT molecular complexity index is 1140. The molecule has 1 heterocycles. The molecule has 1 N–H and O–H groups in total. The van der Waals surface area contributed by atoms with Gasteiger partial charge in [0.2, 0.25) is 26.0 Å². The van der Waals surface area contributed by atoms with Crippen molar-refractivity contribution >= 4 is 37.6 Å². The SMILES string of the molecule is CCN(CC(=O)NCc1ccc(S(=O)(=O)N2CCCC2)cc1)S(=O)(=O)c1ccc(Cl)cc1. The van der Waals surface area contributed by atoms with Crippen LogP contribution in [0.15, 0.2) is 58.3 Å². The number of carbonyl (C=O) groups excluding carboxylic acids is 1. The second kappa shape index (κ2) is 10.3. The Balaban J connectivity index is 1.59. The largest absolute Gasteiger partial charge is 0.351 e. The molecule has 0 spiro atoms. The molecule has 2 aromatic carbocycles. The van der Waals surface area contributed by atoms with Crippen molar-refractivity contribution in [2.45, 2.75) is 36.1 Å². The first kappa shape index (κ1) is 24.7. The molecular formula is C21H26ClN3O5S2. The quantitative estimate of drug-likeness (QED) is 0.570. The maximum atomic E-state index is 12.8. The zero-order valence-corrected chi connectivity index (χ0v) is 20.1. The molecule has 174 valence electrons. The molecule has 0 bridgehead atoms. The van der Waals surface area contributed by atoms with E-state index in [-0.39, 0.29) is 29.4 Å². The van der Waals surface area contributed by atoms with Crippen LogP contribution >= 0.6 is 11.6 Å². The first-order valence-electron chi connectivity index (χ1n) is 10.3. The summed E-state index contributed by atoms with van der Waals surface area (Å²) < 4.78 is 53.3. The van der Waals surface area contributed by atoms with E-state index in [4.69, 9.17) is 11.6 Å². The third-order valence-corrected chi connectivity index (χ3v) is 9.34. The van der Waals surface area contributed by atoms with E-state index in [1.54, 1.807) is 19.1 Å². The molecule has 0 radical (unpaired) electrons. The van der Waals surface area contributed by atoms with Gasteiger partial charge in [0.05, 0.1) is 16.3 Å². The van der Waals surface area contributed by atoms with Crippen LogP contribution in [-0.4, -0.2) is 57.5 Å². The van der Waals surface area contributed by atoms with Crippen LogP contribution in [0.1, 0.15) is 25.3 Å². The summed E-state index contributed by atoms with van der Waals surface area (Å²) in [5.74, 6) is -0.460. The zero-order valence-electron chi connectivity index (χ0n) is 17.7. The van der Waals surface area contributed by atoms with Crippen molar-refractivity contribution in [1.29, 1.82) is 0 Å². The van der Waals surface area contributed by atoms with Crippen LogP contribution in [0.5, 0.6) is 0 Å². The van der Waals surface area contributed by atoms with Gasteiger partial charge in [-0.05, 0) is 54.8 Å². The third-order valence-electron chi connectivity index (χ3n) is 5.24. The molecule has 1 saturated heterocycles. The lowest BCUT2D eigenvalue weighted by Gasteiger charge is -2.20. The van der Waals surface area contributed by atoms with E-state index < -0.39 is 26.0 Å². The average Bonchev–Trinajstić information content (AvgIpc) is 3.32. The number of benzene rings is 2. The highest BCUT2D eigenvalue weighted by atomic mass is 35.5. The summed E-state index contributed by atoms with van der Waals surface area (Å²) in [5, 5.41) is 3.10. The topological polar surface area (TPSA) is 104 Å². The third kappa shape index (κ3) is 5.68. The first-order chi connectivity index (χ1) is 15.1. The number of nitrogens with one attached hydrogen (secondary N) is 1. The fourth-order valence-corrected chi connectivity index (χ4v) is 6.44. The van der Waals surface area contributed by atoms with E-state index in [2.05, 4.69) is 5.32 Å². The van der Waals surface area contributed by atoms with Gasteiger partial charge in [-0.15, -0.1) is 0 Å².